The number of imidazole rings is 1. The highest BCUT2D eigenvalue weighted by atomic mass is 32.1. The van der Waals surface area contributed by atoms with Crippen LogP contribution in [0.5, 0.6) is 0 Å². The Balaban J connectivity index is 1.28. The summed E-state index contributed by atoms with van der Waals surface area (Å²) in [6.45, 7) is 2.08. The zero-order valence-electron chi connectivity index (χ0n) is 26.9. The first-order valence-electron chi connectivity index (χ1n) is 16.7. The van der Waals surface area contributed by atoms with Crippen molar-refractivity contribution in [3.8, 4) is 39.1 Å². The first kappa shape index (κ1) is 28.0. The minimum atomic E-state index is 0.984. The van der Waals surface area contributed by atoms with Crippen molar-refractivity contribution in [3.05, 3.63) is 170 Å². The summed E-state index contributed by atoms with van der Waals surface area (Å²) in [6, 6.07) is 59.8. The van der Waals surface area contributed by atoms with Crippen molar-refractivity contribution in [2.75, 3.05) is 0 Å². The third kappa shape index (κ3) is 4.36. The minimum absolute atomic E-state index is 0.984. The van der Waals surface area contributed by atoms with Gasteiger partial charge < -0.3 is 0 Å². The number of benzene rings is 8. The molecule has 10 rings (SSSR count). The zero-order chi connectivity index (χ0) is 32.5. The van der Waals surface area contributed by atoms with E-state index in [0.29, 0.717) is 0 Å². The molecule has 0 radical (unpaired) electrons. The molecule has 0 unspecified atom stereocenters. The number of hydrogen-bond acceptors (Lipinski definition) is 2. The Morgan fingerprint density at radius 1 is 0.469 bits per heavy atom. The van der Waals surface area contributed by atoms with Crippen LogP contribution in [-0.4, -0.2) is 9.55 Å². The van der Waals surface area contributed by atoms with Crippen LogP contribution in [-0.2, 0) is 0 Å². The van der Waals surface area contributed by atoms with Crippen LogP contribution in [0.15, 0.2) is 164 Å². The lowest BCUT2D eigenvalue weighted by molar-refractivity contribution is 1.00. The molecule has 2 aromatic heterocycles. The van der Waals surface area contributed by atoms with Gasteiger partial charge in [-0.2, -0.15) is 0 Å². The van der Waals surface area contributed by atoms with Crippen LogP contribution in [0, 0.1) is 6.92 Å². The topological polar surface area (TPSA) is 17.8 Å². The number of thiophene rings is 1. The number of para-hydroxylation sites is 2. The number of fused-ring (bicyclic) bond motifs is 6. The maximum absolute atomic E-state index is 4.82. The van der Waals surface area contributed by atoms with E-state index in [4.69, 9.17) is 4.98 Å². The van der Waals surface area contributed by atoms with E-state index in [1.165, 1.54) is 75.1 Å². The van der Waals surface area contributed by atoms with Crippen LogP contribution in [0.1, 0.15) is 5.82 Å². The van der Waals surface area contributed by atoms with Crippen molar-refractivity contribution in [3.63, 3.8) is 0 Å². The lowest BCUT2D eigenvalue weighted by Crippen LogP contribution is -1.97. The van der Waals surface area contributed by atoms with Gasteiger partial charge in [0.25, 0.3) is 0 Å². The standard InChI is InChI=1S/C46H30N2S/c1-29-47-40-18-8-9-19-41(40)48(29)33-25-22-31(23-26-33)44-34-14-5-6-15-35(34)45(39-28-32(24-27-36(39)44)30-12-3-2-4-13-30)38-17-11-21-43-46(38)37-16-7-10-20-42(37)49-43/h2-28H,1H3. The first-order chi connectivity index (χ1) is 24.2. The first-order valence-corrected chi connectivity index (χ1v) is 17.5. The van der Waals surface area contributed by atoms with E-state index in [1.54, 1.807) is 0 Å². The smallest absolute Gasteiger partial charge is 0.111 e. The zero-order valence-corrected chi connectivity index (χ0v) is 27.7. The second-order valence-corrected chi connectivity index (χ2v) is 13.8. The van der Waals surface area contributed by atoms with Gasteiger partial charge in [0.15, 0.2) is 0 Å². The van der Waals surface area contributed by atoms with Crippen molar-refractivity contribution in [2.45, 2.75) is 6.92 Å². The summed E-state index contributed by atoms with van der Waals surface area (Å²) < 4.78 is 4.88. The molecule has 230 valence electrons. The highest BCUT2D eigenvalue weighted by molar-refractivity contribution is 7.25. The second-order valence-electron chi connectivity index (χ2n) is 12.7. The summed E-state index contributed by atoms with van der Waals surface area (Å²) in [4.78, 5) is 4.82. The number of aromatic nitrogens is 2. The van der Waals surface area contributed by atoms with Crippen LogP contribution in [0.3, 0.4) is 0 Å². The average molecular weight is 643 g/mol. The Morgan fingerprint density at radius 3 is 1.96 bits per heavy atom. The van der Waals surface area contributed by atoms with E-state index >= 15 is 0 Å². The molecular formula is C46H30N2S. The Hall–Kier alpha value is -6.03. The predicted octanol–water partition coefficient (Wildman–Crippen LogP) is 13.0. The molecule has 0 atom stereocenters. The molecule has 0 spiro atoms. The van der Waals surface area contributed by atoms with Gasteiger partial charge in [0.1, 0.15) is 5.82 Å². The Bertz CT molecular complexity index is 2880. The van der Waals surface area contributed by atoms with Crippen molar-refractivity contribution in [1.82, 2.24) is 9.55 Å². The van der Waals surface area contributed by atoms with E-state index in [2.05, 4.69) is 169 Å². The molecule has 0 saturated carbocycles. The van der Waals surface area contributed by atoms with Crippen LogP contribution in [0.4, 0.5) is 0 Å². The van der Waals surface area contributed by atoms with E-state index < -0.39 is 0 Å². The maximum atomic E-state index is 4.82. The lowest BCUT2D eigenvalue weighted by Gasteiger charge is -2.19. The van der Waals surface area contributed by atoms with Crippen molar-refractivity contribution >= 4 is 64.1 Å². The molecule has 3 heteroatoms. The number of aryl methyl sites for hydroxylation is 1. The van der Waals surface area contributed by atoms with Gasteiger partial charge in [-0.25, -0.2) is 4.98 Å². The van der Waals surface area contributed by atoms with Crippen LogP contribution in [0.2, 0.25) is 0 Å². The van der Waals surface area contributed by atoms with Gasteiger partial charge in [-0.3, -0.25) is 4.57 Å². The van der Waals surface area contributed by atoms with Crippen LogP contribution >= 0.6 is 11.3 Å². The molecule has 8 aromatic carbocycles. The van der Waals surface area contributed by atoms with E-state index in [0.717, 1.165) is 22.5 Å². The van der Waals surface area contributed by atoms with Crippen molar-refractivity contribution in [2.24, 2.45) is 0 Å². The SMILES string of the molecule is Cc1nc2ccccc2n1-c1ccc(-c2c3ccccc3c(-c3cccc4sc5ccccc5c34)c3cc(-c4ccccc4)ccc23)cc1. The van der Waals surface area contributed by atoms with Gasteiger partial charge in [0.2, 0.25) is 0 Å². The number of nitrogens with zero attached hydrogens (tertiary/aromatic N) is 2. The monoisotopic (exact) mass is 642 g/mol. The number of rotatable bonds is 4. The van der Waals surface area contributed by atoms with Gasteiger partial charge in [-0.1, -0.05) is 121 Å². The van der Waals surface area contributed by atoms with Crippen molar-refractivity contribution in [1.29, 1.82) is 0 Å². The Labute approximate surface area is 288 Å². The molecular weight excluding hydrogens is 613 g/mol. The molecule has 0 bridgehead atoms. The fourth-order valence-electron chi connectivity index (χ4n) is 7.82. The van der Waals surface area contributed by atoms with Gasteiger partial charge >= 0.3 is 0 Å². The maximum Gasteiger partial charge on any atom is 0.111 e. The highest BCUT2D eigenvalue weighted by Crippen LogP contribution is 2.48. The van der Waals surface area contributed by atoms with Gasteiger partial charge in [-0.15, -0.1) is 11.3 Å². The van der Waals surface area contributed by atoms with E-state index in [-0.39, 0.29) is 0 Å². The van der Waals surface area contributed by atoms with E-state index in [1.807, 2.05) is 17.4 Å². The average Bonchev–Trinajstić information content (AvgIpc) is 3.71. The summed E-state index contributed by atoms with van der Waals surface area (Å²) in [5.41, 5.74) is 10.7. The Kier molecular flexibility index (Phi) is 6.30. The molecule has 0 N–H and O–H groups in total. The third-order valence-corrected chi connectivity index (χ3v) is 11.1. The quantitative estimate of drug-likeness (QED) is 0.175. The number of hydrogen-bond donors (Lipinski definition) is 0. The van der Waals surface area contributed by atoms with Gasteiger partial charge in [0, 0.05) is 25.9 Å². The van der Waals surface area contributed by atoms with Gasteiger partial charge in [0.05, 0.1) is 11.0 Å². The molecule has 0 amide bonds. The molecule has 0 aliphatic heterocycles. The second kappa shape index (κ2) is 11.0. The van der Waals surface area contributed by atoms with Crippen molar-refractivity contribution < 1.29 is 0 Å². The summed E-state index contributed by atoms with van der Waals surface area (Å²) in [5, 5.41) is 7.68. The predicted molar refractivity (Wildman–Crippen MR) is 210 cm³/mol. The van der Waals surface area contributed by atoms with Gasteiger partial charge in [-0.05, 0) is 104 Å². The van der Waals surface area contributed by atoms with Crippen LogP contribution < -0.4 is 0 Å². The molecule has 2 nitrogen and oxygen atoms in total. The molecule has 0 aliphatic rings. The fourth-order valence-corrected chi connectivity index (χ4v) is 8.95. The molecule has 0 aliphatic carbocycles. The minimum Gasteiger partial charge on any atom is -0.297 e. The molecule has 10 aromatic rings. The molecule has 0 saturated heterocycles. The molecule has 49 heavy (non-hydrogen) atoms. The summed E-state index contributed by atoms with van der Waals surface area (Å²) >= 11 is 1.88. The van der Waals surface area contributed by atoms with Crippen LogP contribution in [0.25, 0.3) is 91.8 Å². The van der Waals surface area contributed by atoms with E-state index in [9.17, 15) is 0 Å². The Morgan fingerprint density at radius 2 is 1.12 bits per heavy atom. The normalized spacial score (nSPS) is 11.8. The summed E-state index contributed by atoms with van der Waals surface area (Å²) in [6.07, 6.45) is 0. The lowest BCUT2D eigenvalue weighted by atomic mass is 9.84. The fraction of sp³-hybridized carbons (Fsp3) is 0.0217. The summed E-state index contributed by atoms with van der Waals surface area (Å²) in [7, 11) is 0. The summed E-state index contributed by atoms with van der Waals surface area (Å²) in [5.74, 6) is 0.984. The largest absolute Gasteiger partial charge is 0.297 e. The molecule has 2 heterocycles. The highest BCUT2D eigenvalue weighted by Gasteiger charge is 2.20. The third-order valence-electron chi connectivity index (χ3n) is 9.95. The molecule has 0 fully saturated rings.